The van der Waals surface area contributed by atoms with Crippen molar-refractivity contribution >= 4 is 17.4 Å². The summed E-state index contributed by atoms with van der Waals surface area (Å²) in [6.45, 7) is 2.11. The molecule has 0 fully saturated rings. The van der Waals surface area contributed by atoms with Gasteiger partial charge in [0, 0.05) is 17.0 Å². The lowest BCUT2D eigenvalue weighted by Crippen LogP contribution is -2.28. The highest BCUT2D eigenvalue weighted by Crippen LogP contribution is 2.56. The first-order valence-electron chi connectivity index (χ1n) is 15.0. The number of halogens is 1. The highest BCUT2D eigenvalue weighted by molar-refractivity contribution is 6.17. The lowest BCUT2D eigenvalue weighted by atomic mass is 9.67. The van der Waals surface area contributed by atoms with Gasteiger partial charge in [-0.3, -0.25) is 4.79 Å². The topological polar surface area (TPSA) is 35.5 Å². The number of fused-ring (bicyclic) bond motifs is 3. The average Bonchev–Trinajstić information content (AvgIpc) is 3.40. The summed E-state index contributed by atoms with van der Waals surface area (Å²) in [4.78, 5) is 13.0. The van der Waals surface area contributed by atoms with E-state index in [2.05, 4.69) is 85.8 Å². The van der Waals surface area contributed by atoms with Crippen LogP contribution in [0, 0.1) is 6.92 Å². The van der Waals surface area contributed by atoms with Crippen LogP contribution in [0.5, 0.6) is 17.2 Å². The molecule has 0 amide bonds. The third-order valence-corrected chi connectivity index (χ3v) is 9.16. The molecule has 220 valence electrons. The number of methoxy groups -OCH3 is 1. The Hall–Kier alpha value is -5.12. The Bertz CT molecular complexity index is 1960. The molecular weight excluding hydrogens is 576 g/mol. The van der Waals surface area contributed by atoms with E-state index in [1.54, 1.807) is 43.5 Å². The summed E-state index contributed by atoms with van der Waals surface area (Å²) in [6, 6.07) is 46.8. The summed E-state index contributed by atoms with van der Waals surface area (Å²) in [5.41, 5.74) is 10.3. The zero-order valence-corrected chi connectivity index (χ0v) is 25.8. The van der Waals surface area contributed by atoms with Crippen LogP contribution in [0.4, 0.5) is 0 Å². The molecule has 0 radical (unpaired) electrons. The van der Waals surface area contributed by atoms with E-state index in [1.807, 2.05) is 24.3 Å². The van der Waals surface area contributed by atoms with E-state index in [1.165, 1.54) is 33.4 Å². The fraction of sp³-hybridized carbons (Fsp3) is 0.0976. The average molecular weight is 607 g/mol. The highest BCUT2D eigenvalue weighted by atomic mass is 35.5. The molecule has 0 heterocycles. The largest absolute Gasteiger partial charge is 0.497 e. The number of hydrogen-bond donors (Lipinski definition) is 0. The van der Waals surface area contributed by atoms with Gasteiger partial charge in [0.1, 0.15) is 17.2 Å². The fourth-order valence-corrected chi connectivity index (χ4v) is 6.85. The quantitative estimate of drug-likeness (QED) is 0.127. The van der Waals surface area contributed by atoms with Gasteiger partial charge in [-0.15, -0.1) is 11.6 Å². The molecule has 45 heavy (non-hydrogen) atoms. The second-order valence-electron chi connectivity index (χ2n) is 11.3. The van der Waals surface area contributed by atoms with Crippen LogP contribution >= 0.6 is 11.6 Å². The molecule has 4 heteroatoms. The van der Waals surface area contributed by atoms with Crippen molar-refractivity contribution in [3.63, 3.8) is 0 Å². The van der Waals surface area contributed by atoms with Gasteiger partial charge >= 0.3 is 0 Å². The maximum Gasteiger partial charge on any atom is 0.193 e. The maximum atomic E-state index is 13.0. The molecule has 7 rings (SSSR count). The van der Waals surface area contributed by atoms with Gasteiger partial charge in [0.2, 0.25) is 0 Å². The van der Waals surface area contributed by atoms with Gasteiger partial charge in [0.05, 0.1) is 12.5 Å². The van der Waals surface area contributed by atoms with Crippen LogP contribution in [0.25, 0.3) is 11.1 Å². The van der Waals surface area contributed by atoms with E-state index >= 15 is 0 Å². The predicted molar refractivity (Wildman–Crippen MR) is 181 cm³/mol. The molecule has 3 nitrogen and oxygen atoms in total. The van der Waals surface area contributed by atoms with Crippen LogP contribution < -0.4 is 9.47 Å². The number of rotatable bonds is 8. The van der Waals surface area contributed by atoms with Crippen LogP contribution in [-0.4, -0.2) is 12.9 Å². The van der Waals surface area contributed by atoms with Crippen molar-refractivity contribution in [2.24, 2.45) is 0 Å². The summed E-state index contributed by atoms with van der Waals surface area (Å²) in [6.07, 6.45) is 0. The van der Waals surface area contributed by atoms with Gasteiger partial charge < -0.3 is 9.47 Å². The van der Waals surface area contributed by atoms with Gasteiger partial charge in [-0.1, -0.05) is 78.9 Å². The molecule has 6 aromatic carbocycles. The van der Waals surface area contributed by atoms with Crippen molar-refractivity contribution in [1.29, 1.82) is 0 Å². The van der Waals surface area contributed by atoms with Gasteiger partial charge in [0.15, 0.2) is 5.78 Å². The number of carbonyl (C=O) groups is 1. The first kappa shape index (κ1) is 28.6. The van der Waals surface area contributed by atoms with E-state index in [0.29, 0.717) is 34.3 Å². The van der Waals surface area contributed by atoms with Gasteiger partial charge in [-0.05, 0) is 112 Å². The van der Waals surface area contributed by atoms with E-state index in [-0.39, 0.29) is 5.78 Å². The van der Waals surface area contributed by atoms with E-state index in [9.17, 15) is 4.79 Å². The van der Waals surface area contributed by atoms with Crippen LogP contribution in [0.1, 0.15) is 49.3 Å². The highest BCUT2D eigenvalue weighted by Gasteiger charge is 2.46. The SMILES string of the molecule is COc1ccc(C(=O)c2ccc(Oc3ccc(C4(c5ccc(C)c(CCl)c5)c5ccccc5-c5ccccc54)cc3)cc2)cc1. The number of ketones is 1. The smallest absolute Gasteiger partial charge is 0.193 e. The Morgan fingerprint density at radius 2 is 1.11 bits per heavy atom. The summed E-state index contributed by atoms with van der Waals surface area (Å²) in [5, 5.41) is 0. The molecule has 0 unspecified atom stereocenters. The zero-order chi connectivity index (χ0) is 31.0. The molecule has 6 aromatic rings. The number of benzene rings is 6. The Labute approximate surface area is 268 Å². The van der Waals surface area contributed by atoms with Gasteiger partial charge in [0.25, 0.3) is 0 Å². The van der Waals surface area contributed by atoms with Crippen molar-refractivity contribution in [2.75, 3.05) is 7.11 Å². The molecule has 0 saturated heterocycles. The standard InChI is InChI=1S/C41H31ClO3/c1-27-11-16-32(25-30(27)26-42)41(38-9-5-3-7-36(38)37-8-4-6-10-39(37)41)31-17-23-35(24-18-31)45-34-21-14-29(15-22-34)40(43)28-12-19-33(44-2)20-13-28/h3-25H,26H2,1-2H3. The molecule has 0 bridgehead atoms. The number of ether oxygens (including phenoxy) is 2. The molecule has 0 spiro atoms. The van der Waals surface area contributed by atoms with Crippen molar-refractivity contribution in [2.45, 2.75) is 18.2 Å². The lowest BCUT2D eigenvalue weighted by Gasteiger charge is -2.34. The van der Waals surface area contributed by atoms with Crippen molar-refractivity contribution < 1.29 is 14.3 Å². The number of alkyl halides is 1. The molecule has 0 aliphatic heterocycles. The Morgan fingerprint density at radius 3 is 1.64 bits per heavy atom. The predicted octanol–water partition coefficient (Wildman–Crippen LogP) is 10.1. The second kappa shape index (κ2) is 11.8. The lowest BCUT2D eigenvalue weighted by molar-refractivity contribution is 0.103. The van der Waals surface area contributed by atoms with Crippen molar-refractivity contribution in [3.05, 3.63) is 184 Å². The van der Waals surface area contributed by atoms with Gasteiger partial charge in [-0.2, -0.15) is 0 Å². The minimum atomic E-state index is -0.510. The van der Waals surface area contributed by atoms with E-state index in [0.717, 1.165) is 11.1 Å². The van der Waals surface area contributed by atoms with E-state index in [4.69, 9.17) is 21.1 Å². The Kier molecular flexibility index (Phi) is 7.48. The molecule has 1 aliphatic rings. The molecule has 0 saturated carbocycles. The minimum absolute atomic E-state index is 0.0515. The Balaban J connectivity index is 1.24. The molecule has 0 atom stereocenters. The summed E-state index contributed by atoms with van der Waals surface area (Å²) >= 11 is 6.43. The molecular formula is C41H31ClO3. The van der Waals surface area contributed by atoms with Crippen molar-refractivity contribution in [3.8, 4) is 28.4 Å². The first-order valence-corrected chi connectivity index (χ1v) is 15.5. The second-order valence-corrected chi connectivity index (χ2v) is 11.6. The number of hydrogen-bond acceptors (Lipinski definition) is 3. The normalized spacial score (nSPS) is 12.7. The molecule has 0 aromatic heterocycles. The molecule has 0 N–H and O–H groups in total. The Morgan fingerprint density at radius 1 is 0.622 bits per heavy atom. The zero-order valence-electron chi connectivity index (χ0n) is 25.1. The summed E-state index contributed by atoms with van der Waals surface area (Å²) in [5.74, 6) is 2.49. The van der Waals surface area contributed by atoms with Crippen LogP contribution in [0.2, 0.25) is 0 Å². The van der Waals surface area contributed by atoms with Crippen LogP contribution in [0.3, 0.4) is 0 Å². The fourth-order valence-electron chi connectivity index (χ4n) is 6.56. The van der Waals surface area contributed by atoms with Crippen molar-refractivity contribution in [1.82, 2.24) is 0 Å². The summed E-state index contributed by atoms with van der Waals surface area (Å²) < 4.78 is 11.5. The minimum Gasteiger partial charge on any atom is -0.497 e. The third kappa shape index (κ3) is 4.90. The first-order chi connectivity index (χ1) is 22.0. The number of aryl methyl sites for hydroxylation is 1. The van der Waals surface area contributed by atoms with E-state index < -0.39 is 5.41 Å². The monoisotopic (exact) mass is 606 g/mol. The van der Waals surface area contributed by atoms with Gasteiger partial charge in [-0.25, -0.2) is 0 Å². The summed E-state index contributed by atoms with van der Waals surface area (Å²) in [7, 11) is 1.61. The maximum absolute atomic E-state index is 13.0. The third-order valence-electron chi connectivity index (χ3n) is 8.87. The van der Waals surface area contributed by atoms with Crippen LogP contribution in [-0.2, 0) is 11.3 Å². The molecule has 1 aliphatic carbocycles. The van der Waals surface area contributed by atoms with Crippen LogP contribution in [0.15, 0.2) is 140 Å². The number of carbonyl (C=O) groups excluding carboxylic acids is 1.